The molecule has 3 rings (SSSR count). The van der Waals surface area contributed by atoms with Crippen LogP contribution in [0, 0.1) is 5.92 Å². The lowest BCUT2D eigenvalue weighted by molar-refractivity contribution is 0.0737. The molecule has 0 aliphatic carbocycles. The Balaban J connectivity index is 1.73. The zero-order chi connectivity index (χ0) is 14.7. The van der Waals surface area contributed by atoms with Crippen molar-refractivity contribution in [3.63, 3.8) is 0 Å². The van der Waals surface area contributed by atoms with Crippen molar-refractivity contribution < 1.29 is 19.4 Å². The van der Waals surface area contributed by atoms with Gasteiger partial charge in [-0.1, -0.05) is 30.3 Å². The highest BCUT2D eigenvalue weighted by molar-refractivity contribution is 6.01. The molecule has 1 aliphatic heterocycles. The van der Waals surface area contributed by atoms with E-state index < -0.39 is 5.92 Å². The van der Waals surface area contributed by atoms with Crippen molar-refractivity contribution in [2.75, 3.05) is 13.2 Å². The smallest absolute Gasteiger partial charge is 0.175 e. The summed E-state index contributed by atoms with van der Waals surface area (Å²) in [7, 11) is 0. The summed E-state index contributed by atoms with van der Waals surface area (Å²) < 4.78 is 11.2. The van der Waals surface area contributed by atoms with E-state index in [0.717, 1.165) is 5.56 Å². The summed E-state index contributed by atoms with van der Waals surface area (Å²) in [6, 6.07) is 15.0. The van der Waals surface area contributed by atoms with E-state index in [9.17, 15) is 4.79 Å². The second kappa shape index (κ2) is 5.97. The Morgan fingerprint density at radius 1 is 1.19 bits per heavy atom. The van der Waals surface area contributed by atoms with Crippen LogP contribution in [0.25, 0.3) is 0 Å². The van der Waals surface area contributed by atoms with Crippen LogP contribution in [0.4, 0.5) is 0 Å². The fourth-order valence-corrected chi connectivity index (χ4v) is 2.28. The number of Topliss-reactive ketones (excluding diaryl/α,β-unsaturated/α-hetero) is 1. The molecule has 108 valence electrons. The number of fused-ring (bicyclic) bond motifs is 1. The summed E-state index contributed by atoms with van der Waals surface area (Å²) in [5, 5.41) is 9.13. The third-order valence-corrected chi connectivity index (χ3v) is 3.50. The fourth-order valence-electron chi connectivity index (χ4n) is 2.28. The van der Waals surface area contributed by atoms with Gasteiger partial charge in [-0.25, -0.2) is 0 Å². The molecule has 4 nitrogen and oxygen atoms in total. The molecule has 0 fully saturated rings. The van der Waals surface area contributed by atoms with E-state index in [4.69, 9.17) is 14.6 Å². The van der Waals surface area contributed by atoms with E-state index in [1.807, 2.05) is 30.3 Å². The van der Waals surface area contributed by atoms with Crippen LogP contribution in [-0.2, 0) is 6.61 Å². The van der Waals surface area contributed by atoms with Crippen LogP contribution in [0.15, 0.2) is 48.5 Å². The summed E-state index contributed by atoms with van der Waals surface area (Å²) >= 11 is 0. The molecule has 21 heavy (non-hydrogen) atoms. The van der Waals surface area contributed by atoms with Crippen LogP contribution in [0.1, 0.15) is 15.9 Å². The third-order valence-electron chi connectivity index (χ3n) is 3.50. The number of aliphatic hydroxyl groups excluding tert-OH is 1. The third kappa shape index (κ3) is 2.90. The molecule has 0 saturated heterocycles. The van der Waals surface area contributed by atoms with Gasteiger partial charge in [0.15, 0.2) is 5.78 Å². The Kier molecular flexibility index (Phi) is 3.88. The van der Waals surface area contributed by atoms with Crippen LogP contribution in [0.5, 0.6) is 11.5 Å². The van der Waals surface area contributed by atoms with Crippen molar-refractivity contribution in [3.8, 4) is 11.5 Å². The Labute approximate surface area is 122 Å². The second-order valence-corrected chi connectivity index (χ2v) is 4.99. The second-order valence-electron chi connectivity index (χ2n) is 4.99. The predicted molar refractivity (Wildman–Crippen MR) is 77.6 cm³/mol. The molecule has 1 N–H and O–H groups in total. The summed E-state index contributed by atoms with van der Waals surface area (Å²) in [4.78, 5) is 12.1. The van der Waals surface area contributed by atoms with E-state index >= 15 is 0 Å². The van der Waals surface area contributed by atoms with Crippen molar-refractivity contribution >= 4 is 5.78 Å². The van der Waals surface area contributed by atoms with Gasteiger partial charge in [0.25, 0.3) is 0 Å². The van der Waals surface area contributed by atoms with Crippen LogP contribution in [0.3, 0.4) is 0 Å². The number of carbonyl (C=O) groups is 1. The molecule has 0 bridgehead atoms. The molecular weight excluding hydrogens is 268 g/mol. The van der Waals surface area contributed by atoms with Gasteiger partial charge in [0.2, 0.25) is 0 Å². The molecule has 1 atom stereocenters. The Bertz CT molecular complexity index is 636. The van der Waals surface area contributed by atoms with Crippen LogP contribution in [-0.4, -0.2) is 24.1 Å². The molecule has 0 amide bonds. The molecule has 0 aromatic heterocycles. The van der Waals surface area contributed by atoms with Gasteiger partial charge < -0.3 is 14.6 Å². The van der Waals surface area contributed by atoms with E-state index in [0.29, 0.717) is 23.7 Å². The number of hydrogen-bond acceptors (Lipinski definition) is 4. The quantitative estimate of drug-likeness (QED) is 0.937. The molecule has 0 radical (unpaired) electrons. The van der Waals surface area contributed by atoms with Gasteiger partial charge in [-0.05, 0) is 17.7 Å². The molecule has 0 spiro atoms. The van der Waals surface area contributed by atoms with Crippen LogP contribution < -0.4 is 9.47 Å². The molecule has 2 aromatic carbocycles. The molecule has 1 aliphatic rings. The highest BCUT2D eigenvalue weighted by Gasteiger charge is 2.28. The van der Waals surface area contributed by atoms with Gasteiger partial charge in [0, 0.05) is 6.07 Å². The average Bonchev–Trinajstić information content (AvgIpc) is 2.54. The Hall–Kier alpha value is -2.33. The topological polar surface area (TPSA) is 55.8 Å². The zero-order valence-electron chi connectivity index (χ0n) is 11.5. The minimum absolute atomic E-state index is 0.0756. The first-order chi connectivity index (χ1) is 10.3. The Morgan fingerprint density at radius 2 is 2.00 bits per heavy atom. The van der Waals surface area contributed by atoms with Gasteiger partial charge >= 0.3 is 0 Å². The maximum atomic E-state index is 12.1. The molecule has 4 heteroatoms. The largest absolute Gasteiger partial charge is 0.492 e. The number of ether oxygens (including phenoxy) is 2. The fraction of sp³-hybridized carbons (Fsp3) is 0.235. The predicted octanol–water partition coefficient (Wildman–Crippen LogP) is 2.45. The number of ketones is 1. The van der Waals surface area contributed by atoms with E-state index in [1.54, 1.807) is 18.2 Å². The van der Waals surface area contributed by atoms with E-state index in [2.05, 4.69) is 0 Å². The van der Waals surface area contributed by atoms with Crippen LogP contribution in [0.2, 0.25) is 0 Å². The van der Waals surface area contributed by atoms with Gasteiger partial charge in [-0.2, -0.15) is 0 Å². The highest BCUT2D eigenvalue weighted by Crippen LogP contribution is 2.31. The van der Waals surface area contributed by atoms with Gasteiger partial charge in [-0.3, -0.25) is 4.79 Å². The van der Waals surface area contributed by atoms with Gasteiger partial charge in [-0.15, -0.1) is 0 Å². The SMILES string of the molecule is O=C1c2ccc(OCc3ccccc3)cc2OCC1CO. The van der Waals surface area contributed by atoms with E-state index in [-0.39, 0.29) is 19.0 Å². The van der Waals surface area contributed by atoms with Crippen LogP contribution >= 0.6 is 0 Å². The summed E-state index contributed by atoms with van der Waals surface area (Å²) in [6.07, 6.45) is 0. The zero-order valence-corrected chi connectivity index (χ0v) is 11.5. The highest BCUT2D eigenvalue weighted by atomic mass is 16.5. The molecular formula is C17H16O4. The monoisotopic (exact) mass is 284 g/mol. The summed E-state index contributed by atoms with van der Waals surface area (Å²) in [5.74, 6) is 0.644. The number of aliphatic hydroxyl groups is 1. The van der Waals surface area contributed by atoms with Crippen molar-refractivity contribution in [3.05, 3.63) is 59.7 Å². The first kappa shape index (κ1) is 13.6. The number of hydrogen-bond donors (Lipinski definition) is 1. The van der Waals surface area contributed by atoms with Crippen molar-refractivity contribution in [1.82, 2.24) is 0 Å². The van der Waals surface area contributed by atoms with Crippen molar-refractivity contribution in [2.24, 2.45) is 5.92 Å². The first-order valence-corrected chi connectivity index (χ1v) is 6.86. The first-order valence-electron chi connectivity index (χ1n) is 6.86. The maximum Gasteiger partial charge on any atom is 0.175 e. The lowest BCUT2D eigenvalue weighted by Gasteiger charge is -2.23. The van der Waals surface area contributed by atoms with Crippen molar-refractivity contribution in [1.29, 1.82) is 0 Å². The normalized spacial score (nSPS) is 17.0. The lowest BCUT2D eigenvalue weighted by atomic mass is 9.96. The molecule has 0 saturated carbocycles. The molecule has 1 unspecified atom stereocenters. The number of rotatable bonds is 4. The van der Waals surface area contributed by atoms with Gasteiger partial charge in [0.05, 0.1) is 18.1 Å². The summed E-state index contributed by atoms with van der Waals surface area (Å²) in [6.45, 7) is 0.488. The maximum absolute atomic E-state index is 12.1. The summed E-state index contributed by atoms with van der Waals surface area (Å²) in [5.41, 5.74) is 1.58. The van der Waals surface area contributed by atoms with Gasteiger partial charge in [0.1, 0.15) is 24.7 Å². The number of carbonyl (C=O) groups excluding carboxylic acids is 1. The molecule has 2 aromatic rings. The lowest BCUT2D eigenvalue weighted by Crippen LogP contribution is -2.30. The average molecular weight is 284 g/mol. The Morgan fingerprint density at radius 3 is 2.76 bits per heavy atom. The standard InChI is InChI=1S/C17H16O4/c18-9-13-11-21-16-8-14(6-7-15(16)17(13)19)20-10-12-4-2-1-3-5-12/h1-8,13,18H,9-11H2. The number of benzene rings is 2. The molecule has 1 heterocycles. The van der Waals surface area contributed by atoms with Crippen molar-refractivity contribution in [2.45, 2.75) is 6.61 Å². The minimum atomic E-state index is -0.464. The van der Waals surface area contributed by atoms with E-state index in [1.165, 1.54) is 0 Å². The minimum Gasteiger partial charge on any atom is -0.492 e.